The Labute approximate surface area is 171 Å². The Morgan fingerprint density at radius 3 is 2.39 bits per heavy atom. The van der Waals surface area contributed by atoms with Crippen LogP contribution in [0.4, 0.5) is 0 Å². The Morgan fingerprint density at radius 2 is 1.86 bits per heavy atom. The fourth-order valence-electron chi connectivity index (χ4n) is 4.30. The van der Waals surface area contributed by atoms with Crippen LogP contribution in [0.1, 0.15) is 78.2 Å². The lowest BCUT2D eigenvalue weighted by Gasteiger charge is -2.49. The average Bonchev–Trinajstić information content (AvgIpc) is 2.63. The molecule has 4 heteroatoms. The summed E-state index contributed by atoms with van der Waals surface area (Å²) < 4.78 is 5.63. The maximum atomic E-state index is 11.8. The minimum Gasteiger partial charge on any atom is -0.494 e. The summed E-state index contributed by atoms with van der Waals surface area (Å²) in [6.07, 6.45) is 7.43. The van der Waals surface area contributed by atoms with Crippen LogP contribution >= 0.6 is 0 Å². The van der Waals surface area contributed by atoms with Gasteiger partial charge < -0.3 is 15.4 Å². The number of rotatable bonds is 13. The van der Waals surface area contributed by atoms with E-state index in [0.29, 0.717) is 25.0 Å². The molecule has 1 aliphatic rings. The number of carbonyl (C=O) groups is 1. The smallest absolute Gasteiger partial charge is 0.220 e. The Hall–Kier alpha value is -1.55. The van der Waals surface area contributed by atoms with Gasteiger partial charge in [-0.05, 0) is 69.2 Å². The molecule has 158 valence electrons. The van der Waals surface area contributed by atoms with Crippen molar-refractivity contribution in [2.75, 3.05) is 19.7 Å². The summed E-state index contributed by atoms with van der Waals surface area (Å²) in [5.41, 5.74) is 1.65. The van der Waals surface area contributed by atoms with Crippen molar-refractivity contribution in [3.8, 4) is 5.75 Å². The number of hydrogen-bond acceptors (Lipinski definition) is 3. The van der Waals surface area contributed by atoms with E-state index < -0.39 is 0 Å². The Kier molecular flexibility index (Phi) is 9.30. The standard InChI is InChI=1S/C24H40N2O2/c1-5-16-26-23(27)9-7-17-25-22(18-19(3)4)24(14-8-15-24)20-10-12-21(13-11-20)28-6-2/h10-13,19,22,25H,5-9,14-18H2,1-4H3,(H,26,27). The zero-order valence-electron chi connectivity index (χ0n) is 18.4. The predicted octanol–water partition coefficient (Wildman–Crippen LogP) is 4.82. The molecule has 1 aromatic carbocycles. The van der Waals surface area contributed by atoms with E-state index in [-0.39, 0.29) is 11.3 Å². The first-order chi connectivity index (χ1) is 13.5. The van der Waals surface area contributed by atoms with Crippen molar-refractivity contribution in [1.82, 2.24) is 10.6 Å². The monoisotopic (exact) mass is 388 g/mol. The summed E-state index contributed by atoms with van der Waals surface area (Å²) in [7, 11) is 0. The molecule has 1 amide bonds. The average molecular weight is 389 g/mol. The highest BCUT2D eigenvalue weighted by molar-refractivity contribution is 5.75. The molecule has 0 spiro atoms. The quantitative estimate of drug-likeness (QED) is 0.476. The van der Waals surface area contributed by atoms with Gasteiger partial charge in [0.2, 0.25) is 5.91 Å². The van der Waals surface area contributed by atoms with E-state index in [0.717, 1.165) is 38.1 Å². The molecular formula is C24H40N2O2. The molecule has 4 nitrogen and oxygen atoms in total. The van der Waals surface area contributed by atoms with Gasteiger partial charge in [0.05, 0.1) is 6.61 Å². The summed E-state index contributed by atoms with van der Waals surface area (Å²) in [6, 6.07) is 9.21. The van der Waals surface area contributed by atoms with Gasteiger partial charge in [0.1, 0.15) is 5.75 Å². The second-order valence-electron chi connectivity index (χ2n) is 8.56. The van der Waals surface area contributed by atoms with Crippen molar-refractivity contribution >= 4 is 5.91 Å². The summed E-state index contributed by atoms with van der Waals surface area (Å²) in [6.45, 7) is 11.1. The maximum Gasteiger partial charge on any atom is 0.220 e. The Morgan fingerprint density at radius 1 is 1.14 bits per heavy atom. The molecule has 0 radical (unpaired) electrons. The minimum atomic E-state index is 0.175. The van der Waals surface area contributed by atoms with Crippen LogP contribution in [0.2, 0.25) is 0 Å². The van der Waals surface area contributed by atoms with Gasteiger partial charge in [0.25, 0.3) is 0 Å². The lowest BCUT2D eigenvalue weighted by molar-refractivity contribution is -0.121. The molecule has 2 N–H and O–H groups in total. The summed E-state index contributed by atoms with van der Waals surface area (Å²) in [5, 5.41) is 6.80. The van der Waals surface area contributed by atoms with E-state index >= 15 is 0 Å². The van der Waals surface area contributed by atoms with Crippen molar-refractivity contribution in [3.05, 3.63) is 29.8 Å². The zero-order valence-corrected chi connectivity index (χ0v) is 18.4. The maximum absolute atomic E-state index is 11.8. The van der Waals surface area contributed by atoms with Crippen molar-refractivity contribution in [2.45, 2.75) is 84.1 Å². The van der Waals surface area contributed by atoms with Crippen LogP contribution in [0.15, 0.2) is 24.3 Å². The van der Waals surface area contributed by atoms with Gasteiger partial charge in [-0.1, -0.05) is 39.3 Å². The lowest BCUT2D eigenvalue weighted by atomic mass is 9.59. The molecule has 2 rings (SSSR count). The number of amides is 1. The fraction of sp³-hybridized carbons (Fsp3) is 0.708. The number of ether oxygens (including phenoxy) is 1. The van der Waals surface area contributed by atoms with Crippen LogP contribution in [0.25, 0.3) is 0 Å². The second kappa shape index (κ2) is 11.5. The lowest BCUT2D eigenvalue weighted by Crippen LogP contribution is -2.53. The first-order valence-electron chi connectivity index (χ1n) is 11.2. The fourth-order valence-corrected chi connectivity index (χ4v) is 4.30. The molecule has 0 saturated heterocycles. The van der Waals surface area contributed by atoms with Gasteiger partial charge in [0, 0.05) is 24.4 Å². The molecule has 1 saturated carbocycles. The highest BCUT2D eigenvalue weighted by Crippen LogP contribution is 2.48. The predicted molar refractivity (Wildman–Crippen MR) is 117 cm³/mol. The van der Waals surface area contributed by atoms with E-state index in [1.807, 2.05) is 6.92 Å². The molecule has 1 aliphatic carbocycles. The topological polar surface area (TPSA) is 50.4 Å². The highest BCUT2D eigenvalue weighted by atomic mass is 16.5. The molecule has 0 heterocycles. The van der Waals surface area contributed by atoms with Gasteiger partial charge in [0.15, 0.2) is 0 Å². The first-order valence-corrected chi connectivity index (χ1v) is 11.2. The van der Waals surface area contributed by atoms with Crippen molar-refractivity contribution < 1.29 is 9.53 Å². The molecular weight excluding hydrogens is 348 g/mol. The van der Waals surface area contributed by atoms with E-state index in [9.17, 15) is 4.79 Å². The molecule has 0 bridgehead atoms. The summed E-state index contributed by atoms with van der Waals surface area (Å²) >= 11 is 0. The Balaban J connectivity index is 1.99. The summed E-state index contributed by atoms with van der Waals surface area (Å²) in [5.74, 6) is 1.77. The van der Waals surface area contributed by atoms with E-state index in [2.05, 4.69) is 55.7 Å². The number of benzene rings is 1. The van der Waals surface area contributed by atoms with Crippen LogP contribution in [-0.4, -0.2) is 31.6 Å². The third kappa shape index (κ3) is 6.23. The molecule has 1 fully saturated rings. The summed E-state index contributed by atoms with van der Waals surface area (Å²) in [4.78, 5) is 11.8. The molecule has 1 atom stereocenters. The molecule has 0 aromatic heterocycles. The molecule has 28 heavy (non-hydrogen) atoms. The van der Waals surface area contributed by atoms with E-state index in [4.69, 9.17) is 4.74 Å². The van der Waals surface area contributed by atoms with Crippen LogP contribution in [0, 0.1) is 5.92 Å². The number of carbonyl (C=O) groups excluding carboxylic acids is 1. The largest absolute Gasteiger partial charge is 0.494 e. The molecule has 1 unspecified atom stereocenters. The van der Waals surface area contributed by atoms with Crippen LogP contribution in [0.5, 0.6) is 5.75 Å². The highest BCUT2D eigenvalue weighted by Gasteiger charge is 2.45. The van der Waals surface area contributed by atoms with Gasteiger partial charge >= 0.3 is 0 Å². The number of nitrogens with one attached hydrogen (secondary N) is 2. The third-order valence-electron chi connectivity index (χ3n) is 5.90. The van der Waals surface area contributed by atoms with E-state index in [1.165, 1.54) is 24.8 Å². The van der Waals surface area contributed by atoms with Gasteiger partial charge in [-0.3, -0.25) is 4.79 Å². The first kappa shape index (κ1) is 22.7. The second-order valence-corrected chi connectivity index (χ2v) is 8.56. The third-order valence-corrected chi connectivity index (χ3v) is 5.90. The van der Waals surface area contributed by atoms with Crippen molar-refractivity contribution in [2.24, 2.45) is 5.92 Å². The minimum absolute atomic E-state index is 0.175. The van der Waals surface area contributed by atoms with Gasteiger partial charge in [-0.2, -0.15) is 0 Å². The zero-order chi connectivity index (χ0) is 20.4. The number of hydrogen-bond donors (Lipinski definition) is 2. The van der Waals surface area contributed by atoms with Crippen molar-refractivity contribution in [1.29, 1.82) is 0 Å². The van der Waals surface area contributed by atoms with Crippen LogP contribution in [0.3, 0.4) is 0 Å². The van der Waals surface area contributed by atoms with Gasteiger partial charge in [-0.15, -0.1) is 0 Å². The van der Waals surface area contributed by atoms with Crippen molar-refractivity contribution in [3.63, 3.8) is 0 Å². The van der Waals surface area contributed by atoms with Crippen LogP contribution < -0.4 is 15.4 Å². The van der Waals surface area contributed by atoms with Gasteiger partial charge in [-0.25, -0.2) is 0 Å². The van der Waals surface area contributed by atoms with E-state index in [1.54, 1.807) is 0 Å². The molecule has 0 aliphatic heterocycles. The SMILES string of the molecule is CCCNC(=O)CCCNC(CC(C)C)C1(c2ccc(OCC)cc2)CCC1. The Bertz CT molecular complexity index is 579. The molecule has 1 aromatic rings. The normalized spacial score (nSPS) is 16.5. The van der Waals surface area contributed by atoms with Crippen LogP contribution in [-0.2, 0) is 10.2 Å².